The first-order chi connectivity index (χ1) is 9.99. The Morgan fingerprint density at radius 2 is 2.24 bits per heavy atom. The molecule has 1 heterocycles. The summed E-state index contributed by atoms with van der Waals surface area (Å²) < 4.78 is 27.8. The number of nitro groups is 1. The molecule has 0 aliphatic carbocycles. The van der Waals surface area contributed by atoms with E-state index < -0.39 is 11.3 Å². The molecule has 0 fully saturated rings. The quantitative estimate of drug-likeness (QED) is 0.657. The number of non-ortho nitro benzene ring substituents is 1. The highest BCUT2D eigenvalue weighted by atomic mass is 19.3. The Labute approximate surface area is 119 Å². The summed E-state index contributed by atoms with van der Waals surface area (Å²) in [4.78, 5) is 14.1. The molecule has 0 amide bonds. The van der Waals surface area contributed by atoms with Crippen LogP contribution in [0.2, 0.25) is 0 Å². The summed E-state index contributed by atoms with van der Waals surface area (Å²) in [5.41, 5.74) is -0.520. The highest BCUT2D eigenvalue weighted by molar-refractivity contribution is 5.56. The number of imidazole rings is 1. The molecule has 1 aromatic carbocycles. The molecular formula is C13H14F2N4O2. The van der Waals surface area contributed by atoms with Crippen molar-refractivity contribution in [1.29, 1.82) is 0 Å². The number of hydrogen-bond acceptors (Lipinski definition) is 4. The summed E-state index contributed by atoms with van der Waals surface area (Å²) in [6.45, 7) is 0.405. The van der Waals surface area contributed by atoms with Crippen LogP contribution in [0.25, 0.3) is 0 Å². The molecule has 1 aromatic heterocycles. The van der Waals surface area contributed by atoms with Crippen molar-refractivity contribution in [1.82, 2.24) is 9.55 Å². The normalized spacial score (nSPS) is 10.9. The van der Waals surface area contributed by atoms with Crippen LogP contribution in [0.15, 0.2) is 30.6 Å². The molecule has 2 aromatic rings. The Morgan fingerprint density at radius 3 is 2.81 bits per heavy atom. The molecule has 21 heavy (non-hydrogen) atoms. The van der Waals surface area contributed by atoms with Gasteiger partial charge in [0.2, 0.25) is 0 Å². The van der Waals surface area contributed by atoms with Crippen LogP contribution < -0.4 is 5.32 Å². The minimum Gasteiger partial charge on any atom is -0.384 e. The van der Waals surface area contributed by atoms with Crippen LogP contribution >= 0.6 is 0 Å². The maximum atomic E-state index is 13.0. The Balaban J connectivity index is 2.08. The third-order valence-electron chi connectivity index (χ3n) is 3.07. The van der Waals surface area contributed by atoms with Gasteiger partial charge in [0.25, 0.3) is 12.1 Å². The largest absolute Gasteiger partial charge is 0.384 e. The number of alkyl halides is 2. The highest BCUT2D eigenvalue weighted by Gasteiger charge is 2.17. The lowest BCUT2D eigenvalue weighted by atomic mass is 10.1. The third-order valence-corrected chi connectivity index (χ3v) is 3.07. The van der Waals surface area contributed by atoms with Crippen LogP contribution in [-0.4, -0.2) is 21.0 Å². The van der Waals surface area contributed by atoms with Gasteiger partial charge in [-0.3, -0.25) is 10.1 Å². The number of nitrogens with one attached hydrogen (secondary N) is 1. The predicted molar refractivity (Wildman–Crippen MR) is 73.5 cm³/mol. The molecule has 0 radical (unpaired) electrons. The molecular weight excluding hydrogens is 282 g/mol. The molecule has 112 valence electrons. The molecule has 6 nitrogen and oxygen atoms in total. The van der Waals surface area contributed by atoms with E-state index in [2.05, 4.69) is 10.3 Å². The topological polar surface area (TPSA) is 73.0 Å². The van der Waals surface area contributed by atoms with E-state index in [-0.39, 0.29) is 16.9 Å². The molecule has 0 atom stereocenters. The molecule has 8 heteroatoms. The summed E-state index contributed by atoms with van der Waals surface area (Å²) in [6, 6.07) is 3.40. The summed E-state index contributed by atoms with van der Waals surface area (Å²) in [5, 5.41) is 13.5. The lowest BCUT2D eigenvalue weighted by molar-refractivity contribution is -0.385. The fraction of sp³-hybridized carbons (Fsp3) is 0.308. The average molecular weight is 296 g/mol. The zero-order valence-corrected chi connectivity index (χ0v) is 11.3. The molecule has 0 aliphatic rings. The summed E-state index contributed by atoms with van der Waals surface area (Å²) in [5.74, 6) is 0.822. The van der Waals surface area contributed by atoms with Crippen molar-refractivity contribution in [3.05, 3.63) is 52.1 Å². The maximum Gasteiger partial charge on any atom is 0.270 e. The lowest BCUT2D eigenvalue weighted by Gasteiger charge is -2.11. The van der Waals surface area contributed by atoms with Crippen LogP contribution in [-0.2, 0) is 13.5 Å². The fourth-order valence-electron chi connectivity index (χ4n) is 1.95. The molecule has 0 aliphatic heterocycles. The number of aryl methyl sites for hydroxylation is 1. The Morgan fingerprint density at radius 1 is 1.48 bits per heavy atom. The number of nitrogens with zero attached hydrogens (tertiary/aromatic N) is 3. The zero-order chi connectivity index (χ0) is 15.4. The summed E-state index contributed by atoms with van der Waals surface area (Å²) >= 11 is 0. The van der Waals surface area contributed by atoms with Crippen molar-refractivity contribution in [2.45, 2.75) is 12.8 Å². The SMILES string of the molecule is Cn1ccnc1CCNc1ccc([N+](=O)[O-])cc1C(F)F. The first kappa shape index (κ1) is 14.9. The Kier molecular flexibility index (Phi) is 4.46. The van der Waals surface area contributed by atoms with E-state index in [4.69, 9.17) is 0 Å². The van der Waals surface area contributed by atoms with E-state index >= 15 is 0 Å². The standard InChI is InChI=1S/C13H14F2N4O2/c1-18-7-6-17-12(18)4-5-16-11-3-2-9(19(20)21)8-10(11)13(14)15/h2-3,6-8,13,16H,4-5H2,1H3. The van der Waals surface area contributed by atoms with Gasteiger partial charge in [0.15, 0.2) is 0 Å². The van der Waals surface area contributed by atoms with Gasteiger partial charge in [0.05, 0.1) is 4.92 Å². The number of rotatable bonds is 6. The molecule has 0 saturated heterocycles. The van der Waals surface area contributed by atoms with Gasteiger partial charge in [-0.2, -0.15) is 0 Å². The molecule has 0 bridgehead atoms. The van der Waals surface area contributed by atoms with E-state index in [1.807, 2.05) is 11.6 Å². The van der Waals surface area contributed by atoms with Gasteiger partial charge < -0.3 is 9.88 Å². The smallest absolute Gasteiger partial charge is 0.270 e. The maximum absolute atomic E-state index is 13.0. The van der Waals surface area contributed by atoms with Crippen molar-refractivity contribution in [2.24, 2.45) is 7.05 Å². The Bertz CT molecular complexity index is 643. The van der Waals surface area contributed by atoms with Crippen LogP contribution in [0, 0.1) is 10.1 Å². The second kappa shape index (κ2) is 6.29. The average Bonchev–Trinajstić information content (AvgIpc) is 2.84. The minimum absolute atomic E-state index is 0.199. The van der Waals surface area contributed by atoms with Crippen molar-refractivity contribution in [3.63, 3.8) is 0 Å². The number of halogens is 2. The number of nitro benzene ring substituents is 1. The number of anilines is 1. The van der Waals surface area contributed by atoms with Crippen LogP contribution in [0.5, 0.6) is 0 Å². The summed E-state index contributed by atoms with van der Waals surface area (Å²) in [7, 11) is 1.85. The van der Waals surface area contributed by atoms with Gasteiger partial charge >= 0.3 is 0 Å². The van der Waals surface area contributed by atoms with Crippen LogP contribution in [0.1, 0.15) is 17.8 Å². The number of hydrogen-bond donors (Lipinski definition) is 1. The highest BCUT2D eigenvalue weighted by Crippen LogP contribution is 2.30. The molecule has 0 saturated carbocycles. The van der Waals surface area contributed by atoms with Crippen LogP contribution in [0.3, 0.4) is 0 Å². The summed E-state index contributed by atoms with van der Waals surface area (Å²) in [6.07, 6.45) is 1.24. The number of aromatic nitrogens is 2. The predicted octanol–water partition coefficient (Wildman–Crippen LogP) is 2.92. The van der Waals surface area contributed by atoms with E-state index in [9.17, 15) is 18.9 Å². The van der Waals surface area contributed by atoms with Gasteiger partial charge in [0, 0.05) is 55.8 Å². The monoisotopic (exact) mass is 296 g/mol. The molecule has 0 unspecified atom stereocenters. The van der Waals surface area contributed by atoms with Gasteiger partial charge in [-0.1, -0.05) is 0 Å². The second-order valence-electron chi connectivity index (χ2n) is 4.46. The lowest BCUT2D eigenvalue weighted by Crippen LogP contribution is -2.10. The van der Waals surface area contributed by atoms with Gasteiger partial charge in [-0.25, -0.2) is 13.8 Å². The minimum atomic E-state index is -2.78. The van der Waals surface area contributed by atoms with E-state index in [0.29, 0.717) is 13.0 Å². The van der Waals surface area contributed by atoms with Crippen LogP contribution in [0.4, 0.5) is 20.2 Å². The first-order valence-corrected chi connectivity index (χ1v) is 6.25. The van der Waals surface area contributed by atoms with Gasteiger partial charge in [0.1, 0.15) is 5.82 Å². The van der Waals surface area contributed by atoms with E-state index in [1.165, 1.54) is 12.1 Å². The van der Waals surface area contributed by atoms with Crippen molar-refractivity contribution in [3.8, 4) is 0 Å². The molecule has 2 rings (SSSR count). The fourth-order valence-corrected chi connectivity index (χ4v) is 1.95. The first-order valence-electron chi connectivity index (χ1n) is 6.25. The van der Waals surface area contributed by atoms with Gasteiger partial charge in [-0.05, 0) is 6.07 Å². The van der Waals surface area contributed by atoms with E-state index in [0.717, 1.165) is 11.9 Å². The van der Waals surface area contributed by atoms with Gasteiger partial charge in [-0.15, -0.1) is 0 Å². The van der Waals surface area contributed by atoms with Crippen molar-refractivity contribution >= 4 is 11.4 Å². The van der Waals surface area contributed by atoms with E-state index in [1.54, 1.807) is 12.4 Å². The second-order valence-corrected chi connectivity index (χ2v) is 4.46. The van der Waals surface area contributed by atoms with Crippen molar-refractivity contribution < 1.29 is 13.7 Å². The number of benzene rings is 1. The third kappa shape index (κ3) is 3.53. The molecule has 1 N–H and O–H groups in total. The van der Waals surface area contributed by atoms with Crippen molar-refractivity contribution in [2.75, 3.05) is 11.9 Å². The molecule has 0 spiro atoms. The zero-order valence-electron chi connectivity index (χ0n) is 11.3. The Hall–Kier alpha value is -2.51.